The van der Waals surface area contributed by atoms with Crippen molar-refractivity contribution in [2.75, 3.05) is 0 Å². The minimum atomic E-state index is -0.521. The first-order chi connectivity index (χ1) is 8.06. The number of aromatic nitrogens is 1. The number of carbonyl (C=O) groups excluding carboxylic acids is 1. The van der Waals surface area contributed by atoms with Crippen LogP contribution in [0.5, 0.6) is 0 Å². The van der Waals surface area contributed by atoms with Crippen molar-refractivity contribution in [3.05, 3.63) is 50.7 Å². The van der Waals surface area contributed by atoms with Crippen molar-refractivity contribution < 1.29 is 9.18 Å². The molecule has 0 spiro atoms. The average Bonchev–Trinajstić information content (AvgIpc) is 2.68. The Balaban J connectivity index is 2.17. The van der Waals surface area contributed by atoms with Crippen LogP contribution in [-0.2, 0) is 6.42 Å². The maximum absolute atomic E-state index is 12.9. The zero-order valence-corrected chi connectivity index (χ0v) is 10.6. The second kappa shape index (κ2) is 4.94. The summed E-state index contributed by atoms with van der Waals surface area (Å²) >= 11 is 7.12. The summed E-state index contributed by atoms with van der Waals surface area (Å²) in [5.41, 5.74) is 1.14. The predicted octanol–water partition coefficient (Wildman–Crippen LogP) is 3.67. The topological polar surface area (TPSA) is 30.0 Å². The fourth-order valence-electron chi connectivity index (χ4n) is 1.43. The van der Waals surface area contributed by atoms with Gasteiger partial charge in [0, 0.05) is 10.9 Å². The van der Waals surface area contributed by atoms with Gasteiger partial charge in [0.25, 0.3) is 0 Å². The van der Waals surface area contributed by atoms with E-state index in [2.05, 4.69) is 4.98 Å². The van der Waals surface area contributed by atoms with Crippen LogP contribution in [-0.4, -0.2) is 10.8 Å². The molecule has 0 atom stereocenters. The molecule has 2 aromatic rings. The highest BCUT2D eigenvalue weighted by molar-refractivity contribution is 7.09. The molecule has 0 aliphatic heterocycles. The Labute approximate surface area is 107 Å². The summed E-state index contributed by atoms with van der Waals surface area (Å²) in [5, 5.41) is 2.73. The molecule has 88 valence electrons. The number of hydrogen-bond donors (Lipinski definition) is 0. The number of nitrogens with zero attached hydrogens (tertiary/aromatic N) is 1. The van der Waals surface area contributed by atoms with Gasteiger partial charge in [-0.1, -0.05) is 11.6 Å². The molecule has 0 saturated carbocycles. The van der Waals surface area contributed by atoms with E-state index < -0.39 is 5.82 Å². The quantitative estimate of drug-likeness (QED) is 0.796. The van der Waals surface area contributed by atoms with Gasteiger partial charge in [0.15, 0.2) is 5.78 Å². The molecule has 0 N–H and O–H groups in total. The molecule has 0 radical (unpaired) electrons. The molecule has 1 aromatic heterocycles. The van der Waals surface area contributed by atoms with Gasteiger partial charge in [-0.2, -0.15) is 0 Å². The van der Waals surface area contributed by atoms with Gasteiger partial charge in [0.2, 0.25) is 0 Å². The number of aryl methyl sites for hydroxylation is 1. The number of hydrogen-bond acceptors (Lipinski definition) is 3. The van der Waals surface area contributed by atoms with Crippen LogP contribution in [0.25, 0.3) is 0 Å². The van der Waals surface area contributed by atoms with E-state index in [1.54, 1.807) is 0 Å². The van der Waals surface area contributed by atoms with E-state index in [-0.39, 0.29) is 17.2 Å². The Morgan fingerprint density at radius 3 is 2.88 bits per heavy atom. The number of Topliss-reactive ketones (excluding diaryl/α,β-unsaturated/α-hetero) is 1. The standard InChI is InChI=1S/C12H9ClFNOS/c1-7-15-9(6-17-7)5-12(16)8-2-3-11(14)10(13)4-8/h2-4,6H,5H2,1H3. The summed E-state index contributed by atoms with van der Waals surface area (Å²) in [4.78, 5) is 16.1. The molecule has 2 rings (SSSR count). The molecular weight excluding hydrogens is 261 g/mol. The molecule has 5 heteroatoms. The van der Waals surface area contributed by atoms with Crippen LogP contribution in [0, 0.1) is 12.7 Å². The fraction of sp³-hybridized carbons (Fsp3) is 0.167. The van der Waals surface area contributed by atoms with Gasteiger partial charge in [-0.3, -0.25) is 4.79 Å². The van der Waals surface area contributed by atoms with Crippen LogP contribution in [0.1, 0.15) is 21.1 Å². The zero-order chi connectivity index (χ0) is 12.4. The van der Waals surface area contributed by atoms with Crippen molar-refractivity contribution in [1.82, 2.24) is 4.98 Å². The van der Waals surface area contributed by atoms with Gasteiger partial charge in [-0.15, -0.1) is 11.3 Å². The molecule has 0 bridgehead atoms. The Bertz CT molecular complexity index is 567. The lowest BCUT2D eigenvalue weighted by atomic mass is 10.1. The number of halogens is 2. The average molecular weight is 270 g/mol. The highest BCUT2D eigenvalue weighted by Gasteiger charge is 2.11. The first kappa shape index (κ1) is 12.2. The number of carbonyl (C=O) groups is 1. The number of benzene rings is 1. The molecule has 0 saturated heterocycles. The summed E-state index contributed by atoms with van der Waals surface area (Å²) in [6.07, 6.45) is 0.215. The fourth-order valence-corrected chi connectivity index (χ4v) is 2.22. The number of rotatable bonds is 3. The van der Waals surface area contributed by atoms with Gasteiger partial charge in [0.1, 0.15) is 5.82 Å². The van der Waals surface area contributed by atoms with Crippen molar-refractivity contribution in [3.8, 4) is 0 Å². The third-order valence-corrected chi connectivity index (χ3v) is 3.36. The number of thiazole rings is 1. The summed E-state index contributed by atoms with van der Waals surface area (Å²) in [6.45, 7) is 1.88. The minimum absolute atomic E-state index is 0.0368. The summed E-state index contributed by atoms with van der Waals surface area (Å²) < 4.78 is 12.9. The lowest BCUT2D eigenvalue weighted by Crippen LogP contribution is -2.04. The second-order valence-electron chi connectivity index (χ2n) is 3.59. The Hall–Kier alpha value is -1.26. The largest absolute Gasteiger partial charge is 0.294 e. The predicted molar refractivity (Wildman–Crippen MR) is 66.3 cm³/mol. The number of ketones is 1. The molecule has 0 aliphatic rings. The Morgan fingerprint density at radius 2 is 2.29 bits per heavy atom. The van der Waals surface area contributed by atoms with Crippen LogP contribution in [0.15, 0.2) is 23.6 Å². The van der Waals surface area contributed by atoms with Crippen molar-refractivity contribution in [1.29, 1.82) is 0 Å². The highest BCUT2D eigenvalue weighted by Crippen LogP contribution is 2.18. The van der Waals surface area contributed by atoms with E-state index in [0.29, 0.717) is 5.56 Å². The van der Waals surface area contributed by atoms with Gasteiger partial charge >= 0.3 is 0 Å². The van der Waals surface area contributed by atoms with E-state index in [9.17, 15) is 9.18 Å². The third kappa shape index (κ3) is 2.90. The molecular formula is C12H9ClFNOS. The molecule has 1 aromatic carbocycles. The first-order valence-corrected chi connectivity index (χ1v) is 6.21. The monoisotopic (exact) mass is 269 g/mol. The van der Waals surface area contributed by atoms with Crippen molar-refractivity contribution in [2.24, 2.45) is 0 Å². The molecule has 0 amide bonds. The third-order valence-electron chi connectivity index (χ3n) is 2.25. The van der Waals surface area contributed by atoms with Gasteiger partial charge in [0.05, 0.1) is 22.1 Å². The van der Waals surface area contributed by atoms with Crippen molar-refractivity contribution >= 4 is 28.7 Å². The van der Waals surface area contributed by atoms with E-state index >= 15 is 0 Å². The molecule has 0 unspecified atom stereocenters. The summed E-state index contributed by atoms with van der Waals surface area (Å²) in [6, 6.07) is 3.98. The van der Waals surface area contributed by atoms with Crippen LogP contribution in [0.4, 0.5) is 4.39 Å². The van der Waals surface area contributed by atoms with Crippen molar-refractivity contribution in [2.45, 2.75) is 13.3 Å². The summed E-state index contributed by atoms with van der Waals surface area (Å²) in [7, 11) is 0. The normalized spacial score (nSPS) is 10.5. The van der Waals surface area contributed by atoms with Crippen LogP contribution >= 0.6 is 22.9 Å². The van der Waals surface area contributed by atoms with Crippen LogP contribution in [0.3, 0.4) is 0 Å². The Morgan fingerprint density at radius 1 is 1.53 bits per heavy atom. The van der Waals surface area contributed by atoms with E-state index in [4.69, 9.17) is 11.6 Å². The van der Waals surface area contributed by atoms with Gasteiger partial charge in [-0.05, 0) is 25.1 Å². The minimum Gasteiger partial charge on any atom is -0.294 e. The maximum atomic E-state index is 12.9. The lowest BCUT2D eigenvalue weighted by Gasteiger charge is -2.00. The summed E-state index contributed by atoms with van der Waals surface area (Å²) in [5.74, 6) is -0.634. The van der Waals surface area contributed by atoms with E-state index in [1.165, 1.54) is 29.5 Å². The SMILES string of the molecule is Cc1nc(CC(=O)c2ccc(F)c(Cl)c2)cs1. The van der Waals surface area contributed by atoms with Crippen LogP contribution in [0.2, 0.25) is 5.02 Å². The molecule has 1 heterocycles. The van der Waals surface area contributed by atoms with E-state index in [1.807, 2.05) is 12.3 Å². The van der Waals surface area contributed by atoms with E-state index in [0.717, 1.165) is 10.7 Å². The molecule has 17 heavy (non-hydrogen) atoms. The second-order valence-corrected chi connectivity index (χ2v) is 5.06. The Kier molecular flexibility index (Phi) is 3.54. The molecule has 0 aliphatic carbocycles. The maximum Gasteiger partial charge on any atom is 0.168 e. The van der Waals surface area contributed by atoms with Crippen LogP contribution < -0.4 is 0 Å². The van der Waals surface area contributed by atoms with Crippen molar-refractivity contribution in [3.63, 3.8) is 0 Å². The lowest BCUT2D eigenvalue weighted by molar-refractivity contribution is 0.0992. The first-order valence-electron chi connectivity index (χ1n) is 4.95. The highest BCUT2D eigenvalue weighted by atomic mass is 35.5. The zero-order valence-electron chi connectivity index (χ0n) is 9.04. The smallest absolute Gasteiger partial charge is 0.168 e. The molecule has 2 nitrogen and oxygen atoms in total. The molecule has 0 fully saturated rings. The van der Waals surface area contributed by atoms with Gasteiger partial charge in [-0.25, -0.2) is 9.37 Å². The van der Waals surface area contributed by atoms with Gasteiger partial charge < -0.3 is 0 Å².